The third-order valence-corrected chi connectivity index (χ3v) is 5.29. The van der Waals surface area contributed by atoms with E-state index in [-0.39, 0.29) is 24.0 Å². The molecule has 3 rings (SSSR count). The van der Waals surface area contributed by atoms with Gasteiger partial charge >= 0.3 is 0 Å². The molecule has 0 spiro atoms. The van der Waals surface area contributed by atoms with E-state index in [4.69, 9.17) is 17.3 Å². The van der Waals surface area contributed by atoms with E-state index >= 15 is 0 Å². The van der Waals surface area contributed by atoms with Gasteiger partial charge in [0.25, 0.3) is 0 Å². The zero-order valence-corrected chi connectivity index (χ0v) is 21.2. The Hall–Kier alpha value is -2.77. The molecular formula is C23H27ClIN7. The molecule has 0 saturated carbocycles. The van der Waals surface area contributed by atoms with Gasteiger partial charge in [0.2, 0.25) is 0 Å². The second kappa shape index (κ2) is 12.3. The number of hydrogen-bond acceptors (Lipinski definition) is 4. The monoisotopic (exact) mass is 563 g/mol. The van der Waals surface area contributed by atoms with Crippen molar-refractivity contribution in [3.05, 3.63) is 76.4 Å². The summed E-state index contributed by atoms with van der Waals surface area (Å²) in [5.41, 5.74) is 9.18. The van der Waals surface area contributed by atoms with Crippen LogP contribution in [0, 0.1) is 11.3 Å². The average molecular weight is 564 g/mol. The lowest BCUT2D eigenvalue weighted by Crippen LogP contribution is -2.39. The number of nitriles is 1. The number of nitrogens with zero attached hydrogens (tertiary/aromatic N) is 5. The number of nitrogen functional groups attached to an aromatic ring is 1. The third kappa shape index (κ3) is 6.14. The highest BCUT2D eigenvalue weighted by molar-refractivity contribution is 14.0. The van der Waals surface area contributed by atoms with Crippen LogP contribution in [0.3, 0.4) is 0 Å². The predicted octanol–water partition coefficient (Wildman–Crippen LogP) is 4.24. The molecule has 2 aromatic carbocycles. The summed E-state index contributed by atoms with van der Waals surface area (Å²) in [5, 5.41) is 18.2. The van der Waals surface area contributed by atoms with Crippen LogP contribution < -0.4 is 11.1 Å². The van der Waals surface area contributed by atoms with Crippen molar-refractivity contribution >= 4 is 47.4 Å². The van der Waals surface area contributed by atoms with Gasteiger partial charge in [0.1, 0.15) is 17.5 Å². The van der Waals surface area contributed by atoms with Crippen molar-refractivity contribution in [2.75, 3.05) is 26.4 Å². The zero-order valence-electron chi connectivity index (χ0n) is 18.1. The zero-order chi connectivity index (χ0) is 22.2. The number of benzene rings is 2. The van der Waals surface area contributed by atoms with Crippen molar-refractivity contribution < 1.29 is 0 Å². The van der Waals surface area contributed by atoms with Crippen molar-refractivity contribution in [2.24, 2.45) is 4.99 Å². The van der Waals surface area contributed by atoms with Crippen LogP contribution in [0.2, 0.25) is 5.02 Å². The Labute approximate surface area is 210 Å². The van der Waals surface area contributed by atoms with Gasteiger partial charge in [-0.3, -0.25) is 4.99 Å². The first-order valence-corrected chi connectivity index (χ1v) is 10.4. The molecular weight excluding hydrogens is 537 g/mol. The molecule has 0 aliphatic carbocycles. The molecule has 0 bridgehead atoms. The van der Waals surface area contributed by atoms with E-state index < -0.39 is 0 Å². The Morgan fingerprint density at radius 2 is 1.91 bits per heavy atom. The van der Waals surface area contributed by atoms with Gasteiger partial charge in [0.15, 0.2) is 5.96 Å². The highest BCUT2D eigenvalue weighted by Crippen LogP contribution is 2.21. The molecule has 0 radical (unpaired) electrons. The SMILES string of the molecule is CN=C(NCCCc1nn(-c2ccccc2)c(N)c1C#N)N(C)Cc1ccccc1Cl.I. The number of nitrogens with two attached hydrogens (primary N) is 1. The normalized spacial score (nSPS) is 10.9. The van der Waals surface area contributed by atoms with Gasteiger partial charge < -0.3 is 16.0 Å². The van der Waals surface area contributed by atoms with Gasteiger partial charge in [-0.15, -0.1) is 24.0 Å². The number of rotatable bonds is 7. The second-order valence-corrected chi connectivity index (χ2v) is 7.50. The molecule has 3 N–H and O–H groups in total. The number of aliphatic imine (C=N–C) groups is 1. The summed E-state index contributed by atoms with van der Waals surface area (Å²) in [6, 6.07) is 19.5. The Bertz CT molecular complexity index is 1090. The van der Waals surface area contributed by atoms with E-state index in [2.05, 4.69) is 21.5 Å². The molecule has 1 heterocycles. The van der Waals surface area contributed by atoms with Crippen LogP contribution in [0.5, 0.6) is 0 Å². The molecule has 0 fully saturated rings. The third-order valence-electron chi connectivity index (χ3n) is 4.92. The van der Waals surface area contributed by atoms with Crippen LogP contribution in [0.25, 0.3) is 5.69 Å². The van der Waals surface area contributed by atoms with E-state index in [1.54, 1.807) is 11.7 Å². The number of hydrogen-bond donors (Lipinski definition) is 2. The number of guanidine groups is 1. The van der Waals surface area contributed by atoms with Crippen molar-refractivity contribution in [2.45, 2.75) is 19.4 Å². The lowest BCUT2D eigenvalue weighted by atomic mass is 10.1. The first-order chi connectivity index (χ1) is 15.0. The van der Waals surface area contributed by atoms with Crippen LogP contribution in [0.4, 0.5) is 5.82 Å². The molecule has 1 aromatic heterocycles. The fourth-order valence-electron chi connectivity index (χ4n) is 3.34. The van der Waals surface area contributed by atoms with Crippen LogP contribution >= 0.6 is 35.6 Å². The number of halogens is 2. The summed E-state index contributed by atoms with van der Waals surface area (Å²) in [5.74, 6) is 1.14. The maximum absolute atomic E-state index is 9.54. The number of nitrogens with one attached hydrogen (secondary N) is 1. The molecule has 0 aliphatic heterocycles. The maximum atomic E-state index is 9.54. The number of aromatic nitrogens is 2. The highest BCUT2D eigenvalue weighted by atomic mass is 127. The van der Waals surface area contributed by atoms with Gasteiger partial charge in [-0.05, 0) is 36.6 Å². The summed E-state index contributed by atoms with van der Waals surface area (Å²) in [7, 11) is 3.72. The number of anilines is 1. The van der Waals surface area contributed by atoms with Crippen molar-refractivity contribution in [3.63, 3.8) is 0 Å². The molecule has 9 heteroatoms. The predicted molar refractivity (Wildman–Crippen MR) is 141 cm³/mol. The highest BCUT2D eigenvalue weighted by Gasteiger charge is 2.16. The topological polar surface area (TPSA) is 95.3 Å². The smallest absolute Gasteiger partial charge is 0.193 e. The Morgan fingerprint density at radius 1 is 1.22 bits per heavy atom. The fourth-order valence-corrected chi connectivity index (χ4v) is 3.53. The quantitative estimate of drug-likeness (QED) is 0.194. The van der Waals surface area contributed by atoms with Crippen molar-refractivity contribution in [1.29, 1.82) is 5.26 Å². The Balaban J connectivity index is 0.00000363. The van der Waals surface area contributed by atoms with Crippen molar-refractivity contribution in [3.8, 4) is 11.8 Å². The van der Waals surface area contributed by atoms with E-state index in [9.17, 15) is 5.26 Å². The Morgan fingerprint density at radius 3 is 2.56 bits per heavy atom. The molecule has 0 atom stereocenters. The van der Waals surface area contributed by atoms with Gasteiger partial charge in [0.05, 0.1) is 11.4 Å². The summed E-state index contributed by atoms with van der Waals surface area (Å²) in [6.07, 6.45) is 1.41. The van der Waals surface area contributed by atoms with Gasteiger partial charge in [-0.2, -0.15) is 10.4 Å². The summed E-state index contributed by atoms with van der Waals surface area (Å²) >= 11 is 6.27. The molecule has 168 valence electrons. The minimum Gasteiger partial charge on any atom is -0.382 e. The van der Waals surface area contributed by atoms with Crippen LogP contribution in [-0.4, -0.2) is 41.3 Å². The molecule has 0 saturated heterocycles. The summed E-state index contributed by atoms with van der Waals surface area (Å²) in [6.45, 7) is 1.33. The molecule has 32 heavy (non-hydrogen) atoms. The van der Waals surface area contributed by atoms with E-state index in [1.165, 1.54) is 0 Å². The summed E-state index contributed by atoms with van der Waals surface area (Å²) in [4.78, 5) is 6.36. The molecule has 0 amide bonds. The van der Waals surface area contributed by atoms with Crippen LogP contribution in [0.1, 0.15) is 23.2 Å². The fraction of sp³-hybridized carbons (Fsp3) is 0.261. The number of aryl methyl sites for hydroxylation is 1. The first kappa shape index (κ1) is 25.5. The second-order valence-electron chi connectivity index (χ2n) is 7.09. The van der Waals surface area contributed by atoms with Gasteiger partial charge in [-0.25, -0.2) is 4.68 Å². The van der Waals surface area contributed by atoms with E-state index in [0.717, 1.165) is 28.7 Å². The first-order valence-electron chi connectivity index (χ1n) is 10.0. The minimum absolute atomic E-state index is 0. The lowest BCUT2D eigenvalue weighted by molar-refractivity contribution is 0.476. The van der Waals surface area contributed by atoms with Gasteiger partial charge in [-0.1, -0.05) is 48.0 Å². The largest absolute Gasteiger partial charge is 0.382 e. The average Bonchev–Trinajstić information content (AvgIpc) is 3.11. The molecule has 0 unspecified atom stereocenters. The van der Waals surface area contributed by atoms with Gasteiger partial charge in [0, 0.05) is 32.2 Å². The number of para-hydroxylation sites is 1. The standard InChI is InChI=1S/C23H26ClN7.HI/c1-27-23(30(2)16-17-9-6-7-12-20(17)24)28-14-8-13-21-19(15-25)22(26)31(29-21)18-10-4-3-5-11-18;/h3-7,9-12H,8,13-14,16,26H2,1-2H3,(H,27,28);1H. The molecule has 7 nitrogen and oxygen atoms in total. The minimum atomic E-state index is 0. The molecule has 3 aromatic rings. The van der Waals surface area contributed by atoms with E-state index in [0.29, 0.717) is 36.6 Å². The van der Waals surface area contributed by atoms with E-state index in [1.807, 2.05) is 66.5 Å². The summed E-state index contributed by atoms with van der Waals surface area (Å²) < 4.78 is 1.62. The maximum Gasteiger partial charge on any atom is 0.193 e. The molecule has 0 aliphatic rings. The van der Waals surface area contributed by atoms with Crippen molar-refractivity contribution in [1.82, 2.24) is 20.0 Å². The van der Waals surface area contributed by atoms with Crippen LogP contribution in [-0.2, 0) is 13.0 Å². The Kier molecular flexibility index (Phi) is 9.81. The van der Waals surface area contributed by atoms with Crippen LogP contribution in [0.15, 0.2) is 59.6 Å². The lowest BCUT2D eigenvalue weighted by Gasteiger charge is -2.22.